The van der Waals surface area contributed by atoms with Crippen molar-refractivity contribution in [2.75, 3.05) is 5.32 Å². The van der Waals surface area contributed by atoms with E-state index in [2.05, 4.69) is 10.3 Å². The molecule has 0 fully saturated rings. The molecule has 7 nitrogen and oxygen atoms in total. The summed E-state index contributed by atoms with van der Waals surface area (Å²) in [6, 6.07) is 13.1. The van der Waals surface area contributed by atoms with E-state index in [0.29, 0.717) is 5.69 Å². The van der Waals surface area contributed by atoms with Gasteiger partial charge in [-0.25, -0.2) is 9.78 Å². The maximum Gasteiger partial charge on any atom is 0.347 e. The molecule has 0 aliphatic rings. The zero-order valence-corrected chi connectivity index (χ0v) is 14.7. The maximum absolute atomic E-state index is 13.1. The quantitative estimate of drug-likeness (QED) is 0.677. The van der Waals surface area contributed by atoms with E-state index in [0.717, 1.165) is 17.7 Å². The molecule has 0 unspecified atom stereocenters. The van der Waals surface area contributed by atoms with Crippen LogP contribution in [0.1, 0.15) is 15.9 Å². The van der Waals surface area contributed by atoms with Crippen molar-refractivity contribution >= 4 is 21.8 Å². The molecule has 0 saturated heterocycles. The fraction of sp³-hybridized carbons (Fsp3) is 0.0556. The van der Waals surface area contributed by atoms with E-state index in [4.69, 9.17) is 0 Å². The van der Waals surface area contributed by atoms with Crippen molar-refractivity contribution in [3.63, 3.8) is 0 Å². The number of rotatable bonds is 5. The van der Waals surface area contributed by atoms with Gasteiger partial charge in [-0.1, -0.05) is 18.2 Å². The Morgan fingerprint density at radius 1 is 1.11 bits per heavy atom. The average molecular weight is 387 g/mol. The van der Waals surface area contributed by atoms with E-state index in [-0.39, 0.29) is 12.1 Å². The normalized spacial score (nSPS) is 11.1. The Morgan fingerprint density at radius 2 is 1.89 bits per heavy atom. The van der Waals surface area contributed by atoms with E-state index >= 15 is 0 Å². The van der Waals surface area contributed by atoms with E-state index in [9.17, 15) is 21.9 Å². The van der Waals surface area contributed by atoms with Gasteiger partial charge in [0.05, 0.1) is 11.4 Å². The second-order valence-electron chi connectivity index (χ2n) is 5.65. The Kier molecular flexibility index (Phi) is 5.13. The van der Waals surface area contributed by atoms with Crippen molar-refractivity contribution in [2.45, 2.75) is 11.4 Å². The number of nitrogens with zero attached hydrogens (tertiary/aromatic N) is 2. The monoisotopic (exact) mass is 387 g/mol. The summed E-state index contributed by atoms with van der Waals surface area (Å²) in [6.07, 6.45) is 3.00. The molecule has 0 bridgehead atoms. The van der Waals surface area contributed by atoms with Crippen LogP contribution in [0.2, 0.25) is 0 Å². The molecule has 138 valence electrons. The van der Waals surface area contributed by atoms with Crippen molar-refractivity contribution in [1.29, 1.82) is 0 Å². The van der Waals surface area contributed by atoms with Gasteiger partial charge in [-0.3, -0.25) is 9.36 Å². The Bertz CT molecular complexity index is 1160. The number of hydrogen-bond donors (Lipinski definition) is 1. The van der Waals surface area contributed by atoms with Crippen LogP contribution < -0.4 is 11.0 Å². The van der Waals surface area contributed by atoms with Crippen molar-refractivity contribution < 1.29 is 17.1 Å². The van der Waals surface area contributed by atoms with Crippen molar-refractivity contribution in [3.8, 4) is 0 Å². The van der Waals surface area contributed by atoms with Crippen LogP contribution in [0.4, 0.5) is 9.57 Å². The standard InChI is InChI=1S/C18H14FN3O4S/c19-27(25,26)16-7-2-5-14(11-16)17(23)21-15-6-1-4-13(10-15)12-22-9-3-8-20-18(22)24/h1-11H,12H2,(H,21,23). The molecular formula is C18H14FN3O4S. The third-order valence-corrected chi connectivity index (χ3v) is 4.52. The fourth-order valence-electron chi connectivity index (χ4n) is 2.44. The number of amides is 1. The Morgan fingerprint density at radius 3 is 2.63 bits per heavy atom. The van der Waals surface area contributed by atoms with Gasteiger partial charge < -0.3 is 5.32 Å². The number of carbonyl (C=O) groups is 1. The highest BCUT2D eigenvalue weighted by Gasteiger charge is 2.15. The lowest BCUT2D eigenvalue weighted by Crippen LogP contribution is -2.22. The number of nitrogens with one attached hydrogen (secondary N) is 1. The minimum Gasteiger partial charge on any atom is -0.322 e. The summed E-state index contributed by atoms with van der Waals surface area (Å²) in [6.45, 7) is 0.270. The zero-order chi connectivity index (χ0) is 19.4. The minimum atomic E-state index is -4.90. The maximum atomic E-state index is 13.1. The fourth-order valence-corrected chi connectivity index (χ4v) is 2.95. The number of carbonyl (C=O) groups excluding carboxylic acids is 1. The summed E-state index contributed by atoms with van der Waals surface area (Å²) in [4.78, 5) is 27.1. The van der Waals surface area contributed by atoms with Crippen LogP contribution >= 0.6 is 0 Å². The molecule has 0 atom stereocenters. The highest BCUT2D eigenvalue weighted by Crippen LogP contribution is 2.17. The molecular weight excluding hydrogens is 373 g/mol. The first kappa shape index (κ1) is 18.5. The summed E-state index contributed by atoms with van der Waals surface area (Å²) < 4.78 is 36.5. The highest BCUT2D eigenvalue weighted by molar-refractivity contribution is 7.86. The van der Waals surface area contributed by atoms with Gasteiger partial charge in [-0.05, 0) is 42.0 Å². The van der Waals surface area contributed by atoms with Crippen LogP contribution in [0.25, 0.3) is 0 Å². The third kappa shape index (κ3) is 4.64. The first-order chi connectivity index (χ1) is 12.8. The van der Waals surface area contributed by atoms with Crippen molar-refractivity contribution in [3.05, 3.63) is 88.6 Å². The predicted molar refractivity (Wildman–Crippen MR) is 96.7 cm³/mol. The molecule has 0 saturated carbocycles. The van der Waals surface area contributed by atoms with Crippen LogP contribution in [-0.4, -0.2) is 23.9 Å². The molecule has 3 aromatic rings. The third-order valence-electron chi connectivity index (χ3n) is 3.70. The molecule has 1 aromatic heterocycles. The molecule has 0 spiro atoms. The molecule has 1 N–H and O–H groups in total. The minimum absolute atomic E-state index is 0.00241. The number of hydrogen-bond acceptors (Lipinski definition) is 5. The lowest BCUT2D eigenvalue weighted by molar-refractivity contribution is 0.102. The Hall–Kier alpha value is -3.33. The Labute approximate surface area is 154 Å². The average Bonchev–Trinajstić information content (AvgIpc) is 2.63. The predicted octanol–water partition coefficient (Wildman–Crippen LogP) is 2.20. The second kappa shape index (κ2) is 7.50. The molecule has 0 radical (unpaired) electrons. The number of aromatic nitrogens is 2. The molecule has 0 aliphatic heterocycles. The highest BCUT2D eigenvalue weighted by atomic mass is 32.3. The molecule has 1 amide bonds. The lowest BCUT2D eigenvalue weighted by Gasteiger charge is -2.09. The van der Waals surface area contributed by atoms with Crippen LogP contribution in [0.5, 0.6) is 0 Å². The molecule has 2 aromatic carbocycles. The number of benzene rings is 2. The van der Waals surface area contributed by atoms with Gasteiger partial charge >= 0.3 is 15.9 Å². The SMILES string of the molecule is O=C(Nc1cccc(Cn2cccnc2=O)c1)c1cccc(S(=O)(=O)F)c1. The van der Waals surface area contributed by atoms with Gasteiger partial charge in [0.2, 0.25) is 0 Å². The van der Waals surface area contributed by atoms with E-state index in [1.165, 1.54) is 22.9 Å². The van der Waals surface area contributed by atoms with Gasteiger partial charge in [-0.15, -0.1) is 3.89 Å². The van der Waals surface area contributed by atoms with Crippen LogP contribution in [-0.2, 0) is 16.8 Å². The topological polar surface area (TPSA) is 98.1 Å². The number of halogens is 1. The zero-order valence-electron chi connectivity index (χ0n) is 13.9. The largest absolute Gasteiger partial charge is 0.347 e. The Balaban J connectivity index is 1.79. The molecule has 0 aliphatic carbocycles. The summed E-state index contributed by atoms with van der Waals surface area (Å²) in [5.41, 5.74) is 0.810. The lowest BCUT2D eigenvalue weighted by atomic mass is 10.1. The molecule has 1 heterocycles. The van der Waals surface area contributed by atoms with Crippen LogP contribution in [0.3, 0.4) is 0 Å². The van der Waals surface area contributed by atoms with E-state index in [1.807, 2.05) is 0 Å². The van der Waals surface area contributed by atoms with E-state index < -0.39 is 26.7 Å². The van der Waals surface area contributed by atoms with Gasteiger partial charge in [-0.2, -0.15) is 8.42 Å². The summed E-state index contributed by atoms with van der Waals surface area (Å²) in [5, 5.41) is 2.62. The first-order valence-electron chi connectivity index (χ1n) is 7.79. The van der Waals surface area contributed by atoms with Gasteiger partial charge in [0.1, 0.15) is 0 Å². The smallest absolute Gasteiger partial charge is 0.322 e. The van der Waals surface area contributed by atoms with Gasteiger partial charge in [0.15, 0.2) is 0 Å². The summed E-state index contributed by atoms with van der Waals surface area (Å²) in [7, 11) is -4.90. The first-order valence-corrected chi connectivity index (χ1v) is 9.18. The van der Waals surface area contributed by atoms with Crippen LogP contribution in [0, 0.1) is 0 Å². The van der Waals surface area contributed by atoms with Gasteiger partial charge in [0, 0.05) is 23.6 Å². The second-order valence-corrected chi connectivity index (χ2v) is 7.00. The van der Waals surface area contributed by atoms with E-state index in [1.54, 1.807) is 36.5 Å². The van der Waals surface area contributed by atoms with Crippen LogP contribution in [0.15, 0.2) is 76.7 Å². The van der Waals surface area contributed by atoms with Crippen molar-refractivity contribution in [1.82, 2.24) is 9.55 Å². The van der Waals surface area contributed by atoms with Gasteiger partial charge in [0.25, 0.3) is 5.91 Å². The molecule has 9 heteroatoms. The molecule has 27 heavy (non-hydrogen) atoms. The van der Waals surface area contributed by atoms with Crippen molar-refractivity contribution in [2.24, 2.45) is 0 Å². The summed E-state index contributed by atoms with van der Waals surface area (Å²) >= 11 is 0. The summed E-state index contributed by atoms with van der Waals surface area (Å²) in [5.74, 6) is -0.587. The molecule has 3 rings (SSSR count). The number of anilines is 1.